The molecule has 2 rings (SSSR count). The molecule has 1 aliphatic rings. The number of nitrogens with zero attached hydrogens (tertiary/aromatic N) is 1. The Balaban J connectivity index is 2.07. The van der Waals surface area contributed by atoms with Crippen LogP contribution in [0.25, 0.3) is 0 Å². The van der Waals surface area contributed by atoms with Gasteiger partial charge in [0.15, 0.2) is 0 Å². The van der Waals surface area contributed by atoms with Gasteiger partial charge in [-0.3, -0.25) is 4.79 Å². The lowest BCUT2D eigenvalue weighted by Crippen LogP contribution is -2.35. The third-order valence-corrected chi connectivity index (χ3v) is 4.12. The maximum absolute atomic E-state index is 12.0. The number of nitrogens with one attached hydrogen (secondary N) is 1. The van der Waals surface area contributed by atoms with E-state index >= 15 is 0 Å². The normalized spacial score (nSPS) is 20.2. The zero-order valence-electron chi connectivity index (χ0n) is 12.6. The molecule has 1 amide bonds. The first-order valence-electron chi connectivity index (χ1n) is 7.26. The number of methoxy groups -OCH3 is 1. The standard InChI is InChI=1S/C16H24N2O2/c1-4-12-8-16(19)18(10-12)11-15(17-2)13-6-5-7-14(9-13)20-3/h5-7,9,12,15,17H,4,8,10-11H2,1-3H3. The van der Waals surface area contributed by atoms with Crippen LogP contribution in [0.3, 0.4) is 0 Å². The maximum atomic E-state index is 12.0. The van der Waals surface area contributed by atoms with Gasteiger partial charge in [-0.05, 0) is 30.7 Å². The predicted molar refractivity (Wildman–Crippen MR) is 79.8 cm³/mol. The maximum Gasteiger partial charge on any atom is 0.222 e. The highest BCUT2D eigenvalue weighted by molar-refractivity contribution is 5.78. The average molecular weight is 276 g/mol. The second-order valence-electron chi connectivity index (χ2n) is 5.39. The van der Waals surface area contributed by atoms with Gasteiger partial charge < -0.3 is 15.0 Å². The van der Waals surface area contributed by atoms with Crippen LogP contribution < -0.4 is 10.1 Å². The zero-order chi connectivity index (χ0) is 14.5. The van der Waals surface area contributed by atoms with Crippen LogP contribution in [-0.4, -0.2) is 38.1 Å². The Labute approximate surface area is 121 Å². The zero-order valence-corrected chi connectivity index (χ0v) is 12.6. The molecule has 1 N–H and O–H groups in total. The molecule has 1 aromatic rings. The first-order chi connectivity index (χ1) is 9.67. The number of hydrogen-bond acceptors (Lipinski definition) is 3. The third kappa shape index (κ3) is 3.31. The number of carbonyl (C=O) groups excluding carboxylic acids is 1. The molecule has 2 atom stereocenters. The van der Waals surface area contributed by atoms with Gasteiger partial charge in [-0.1, -0.05) is 25.5 Å². The lowest BCUT2D eigenvalue weighted by molar-refractivity contribution is -0.128. The van der Waals surface area contributed by atoms with Gasteiger partial charge >= 0.3 is 0 Å². The van der Waals surface area contributed by atoms with Gasteiger partial charge in [0.05, 0.1) is 7.11 Å². The smallest absolute Gasteiger partial charge is 0.222 e. The number of hydrogen-bond donors (Lipinski definition) is 1. The lowest BCUT2D eigenvalue weighted by Gasteiger charge is -2.24. The van der Waals surface area contributed by atoms with Gasteiger partial charge in [-0.15, -0.1) is 0 Å². The molecule has 0 radical (unpaired) electrons. The van der Waals surface area contributed by atoms with Crippen LogP contribution in [0.15, 0.2) is 24.3 Å². The van der Waals surface area contributed by atoms with Crippen LogP contribution in [-0.2, 0) is 4.79 Å². The summed E-state index contributed by atoms with van der Waals surface area (Å²) in [5.74, 6) is 1.65. The molecular formula is C16H24N2O2. The Morgan fingerprint density at radius 2 is 2.30 bits per heavy atom. The highest BCUT2D eigenvalue weighted by Crippen LogP contribution is 2.25. The summed E-state index contributed by atoms with van der Waals surface area (Å²) < 4.78 is 5.27. The van der Waals surface area contributed by atoms with Crippen LogP contribution in [0, 0.1) is 5.92 Å². The second-order valence-corrected chi connectivity index (χ2v) is 5.39. The van der Waals surface area contributed by atoms with E-state index in [0.29, 0.717) is 12.3 Å². The topological polar surface area (TPSA) is 41.6 Å². The summed E-state index contributed by atoms with van der Waals surface area (Å²) in [5, 5.41) is 3.30. The fraction of sp³-hybridized carbons (Fsp3) is 0.562. The molecule has 1 aliphatic heterocycles. The molecule has 1 saturated heterocycles. The first-order valence-corrected chi connectivity index (χ1v) is 7.26. The van der Waals surface area contributed by atoms with Crippen molar-refractivity contribution < 1.29 is 9.53 Å². The Bertz CT molecular complexity index is 462. The van der Waals surface area contributed by atoms with E-state index in [9.17, 15) is 4.79 Å². The molecule has 4 nitrogen and oxygen atoms in total. The fourth-order valence-corrected chi connectivity index (χ4v) is 2.75. The average Bonchev–Trinajstić information content (AvgIpc) is 2.85. The summed E-state index contributed by atoms with van der Waals surface area (Å²) in [7, 11) is 3.60. The fourth-order valence-electron chi connectivity index (χ4n) is 2.75. The van der Waals surface area contributed by atoms with E-state index in [1.54, 1.807) is 7.11 Å². The van der Waals surface area contributed by atoms with Crippen molar-refractivity contribution in [3.05, 3.63) is 29.8 Å². The Hall–Kier alpha value is -1.55. The van der Waals surface area contributed by atoms with Gasteiger partial charge in [0, 0.05) is 25.6 Å². The van der Waals surface area contributed by atoms with Crippen LogP contribution >= 0.6 is 0 Å². The number of benzene rings is 1. The largest absolute Gasteiger partial charge is 0.497 e. The van der Waals surface area contributed by atoms with Crippen molar-refractivity contribution in [1.29, 1.82) is 0 Å². The third-order valence-electron chi connectivity index (χ3n) is 4.12. The van der Waals surface area contributed by atoms with Crippen LogP contribution in [0.2, 0.25) is 0 Å². The SMILES string of the molecule is CCC1CC(=O)N(CC(NC)c2cccc(OC)c2)C1. The summed E-state index contributed by atoms with van der Waals surface area (Å²) in [5.41, 5.74) is 1.15. The minimum absolute atomic E-state index is 0.143. The van der Waals surface area contributed by atoms with E-state index in [1.165, 1.54) is 0 Å². The van der Waals surface area contributed by atoms with E-state index in [4.69, 9.17) is 4.74 Å². The van der Waals surface area contributed by atoms with Crippen molar-refractivity contribution in [2.45, 2.75) is 25.8 Å². The summed E-state index contributed by atoms with van der Waals surface area (Å²) in [6.07, 6.45) is 1.77. The van der Waals surface area contributed by atoms with Gasteiger partial charge in [0.1, 0.15) is 5.75 Å². The number of carbonyl (C=O) groups is 1. The summed E-state index contributed by atoms with van der Waals surface area (Å²) in [6, 6.07) is 8.16. The number of rotatable bonds is 6. The number of likely N-dealkylation sites (tertiary alicyclic amines) is 1. The Kier molecular flexibility index (Phi) is 5.01. The molecule has 1 fully saturated rings. The van der Waals surface area contributed by atoms with E-state index in [0.717, 1.165) is 30.8 Å². The highest BCUT2D eigenvalue weighted by atomic mass is 16.5. The van der Waals surface area contributed by atoms with Gasteiger partial charge in [-0.25, -0.2) is 0 Å². The molecule has 0 aromatic heterocycles. The Morgan fingerprint density at radius 1 is 1.50 bits per heavy atom. The van der Waals surface area contributed by atoms with Crippen molar-refractivity contribution in [1.82, 2.24) is 10.2 Å². The highest BCUT2D eigenvalue weighted by Gasteiger charge is 2.29. The molecule has 1 heterocycles. The van der Waals surface area contributed by atoms with Crippen molar-refractivity contribution >= 4 is 5.91 Å². The van der Waals surface area contributed by atoms with Crippen LogP contribution in [0.5, 0.6) is 5.75 Å². The molecule has 0 spiro atoms. The molecule has 0 aliphatic carbocycles. The lowest BCUT2D eigenvalue weighted by atomic mass is 10.1. The van der Waals surface area contributed by atoms with E-state index in [1.807, 2.05) is 30.1 Å². The predicted octanol–water partition coefficient (Wildman–Crippen LogP) is 2.21. The van der Waals surface area contributed by atoms with E-state index < -0.39 is 0 Å². The molecule has 0 saturated carbocycles. The van der Waals surface area contributed by atoms with Gasteiger partial charge in [0.25, 0.3) is 0 Å². The van der Waals surface area contributed by atoms with Crippen molar-refractivity contribution in [2.75, 3.05) is 27.2 Å². The molecule has 4 heteroatoms. The van der Waals surface area contributed by atoms with Crippen molar-refractivity contribution in [3.63, 3.8) is 0 Å². The summed E-state index contributed by atoms with van der Waals surface area (Å²) in [4.78, 5) is 14.0. The van der Waals surface area contributed by atoms with Crippen molar-refractivity contribution in [3.8, 4) is 5.75 Å². The van der Waals surface area contributed by atoms with E-state index in [-0.39, 0.29) is 11.9 Å². The quantitative estimate of drug-likeness (QED) is 0.866. The van der Waals surface area contributed by atoms with Crippen molar-refractivity contribution in [2.24, 2.45) is 5.92 Å². The molecule has 0 bridgehead atoms. The molecule has 2 unspecified atom stereocenters. The van der Waals surface area contributed by atoms with Gasteiger partial charge in [0.2, 0.25) is 5.91 Å². The minimum atomic E-state index is 0.143. The van der Waals surface area contributed by atoms with Gasteiger partial charge in [-0.2, -0.15) is 0 Å². The first kappa shape index (κ1) is 14.9. The van der Waals surface area contributed by atoms with E-state index in [2.05, 4.69) is 18.3 Å². The summed E-state index contributed by atoms with van der Waals surface area (Å²) >= 11 is 0. The molecule has 20 heavy (non-hydrogen) atoms. The monoisotopic (exact) mass is 276 g/mol. The number of amides is 1. The molecular weight excluding hydrogens is 252 g/mol. The second kappa shape index (κ2) is 6.75. The summed E-state index contributed by atoms with van der Waals surface area (Å²) in [6.45, 7) is 3.76. The number of ether oxygens (including phenoxy) is 1. The van der Waals surface area contributed by atoms with Crippen LogP contribution in [0.1, 0.15) is 31.4 Å². The van der Waals surface area contributed by atoms with Crippen LogP contribution in [0.4, 0.5) is 0 Å². The molecule has 1 aromatic carbocycles. The minimum Gasteiger partial charge on any atom is -0.497 e. The number of likely N-dealkylation sites (N-methyl/N-ethyl adjacent to an activating group) is 1. The molecule has 110 valence electrons. The Morgan fingerprint density at radius 3 is 2.90 bits per heavy atom.